The zero-order valence-corrected chi connectivity index (χ0v) is 16.3. The van der Waals surface area contributed by atoms with Gasteiger partial charge in [0.2, 0.25) is 0 Å². The van der Waals surface area contributed by atoms with Crippen molar-refractivity contribution in [3.63, 3.8) is 0 Å². The van der Waals surface area contributed by atoms with Crippen LogP contribution in [0.15, 0.2) is 36.4 Å². The fraction of sp³-hybridized carbons (Fsp3) is 0.500. The molecule has 27 heavy (non-hydrogen) atoms. The first-order chi connectivity index (χ1) is 13.1. The number of aryl methyl sites for hydroxylation is 1. The van der Waals surface area contributed by atoms with E-state index >= 15 is 0 Å². The molecule has 142 valence electrons. The smallest absolute Gasteiger partial charge is 0.254 e. The number of likely N-dealkylation sites (tertiary alicyclic amines) is 2. The van der Waals surface area contributed by atoms with E-state index in [2.05, 4.69) is 26.9 Å². The molecule has 0 saturated carbocycles. The SMILES string of the molecule is Cc1ccc(-c2ccc(C(=O)N3CCC[C@H]3CN3CCC[C@H]3C)cc2)nn1. The lowest BCUT2D eigenvalue weighted by Gasteiger charge is -2.30. The Morgan fingerprint density at radius 3 is 2.48 bits per heavy atom. The van der Waals surface area contributed by atoms with Gasteiger partial charge in [-0.2, -0.15) is 10.2 Å². The van der Waals surface area contributed by atoms with E-state index in [4.69, 9.17) is 0 Å². The van der Waals surface area contributed by atoms with E-state index in [1.807, 2.05) is 43.3 Å². The van der Waals surface area contributed by atoms with Crippen molar-refractivity contribution in [2.75, 3.05) is 19.6 Å². The Morgan fingerprint density at radius 1 is 1.04 bits per heavy atom. The first-order valence-corrected chi connectivity index (χ1v) is 10.1. The average molecular weight is 364 g/mol. The number of rotatable bonds is 4. The minimum atomic E-state index is 0.158. The minimum Gasteiger partial charge on any atom is -0.334 e. The molecule has 1 aromatic carbocycles. The zero-order valence-electron chi connectivity index (χ0n) is 16.3. The van der Waals surface area contributed by atoms with Gasteiger partial charge in [0.05, 0.1) is 11.4 Å². The molecule has 0 bridgehead atoms. The third kappa shape index (κ3) is 3.88. The van der Waals surface area contributed by atoms with Crippen molar-refractivity contribution < 1.29 is 4.79 Å². The number of amides is 1. The van der Waals surface area contributed by atoms with Crippen molar-refractivity contribution >= 4 is 5.91 Å². The molecule has 2 aliphatic heterocycles. The highest BCUT2D eigenvalue weighted by Crippen LogP contribution is 2.25. The van der Waals surface area contributed by atoms with Crippen LogP contribution >= 0.6 is 0 Å². The number of hydrogen-bond acceptors (Lipinski definition) is 4. The second-order valence-corrected chi connectivity index (χ2v) is 7.92. The number of carbonyl (C=O) groups excluding carboxylic acids is 1. The van der Waals surface area contributed by atoms with Crippen LogP contribution in [0.4, 0.5) is 0 Å². The summed E-state index contributed by atoms with van der Waals surface area (Å²) in [5, 5.41) is 8.34. The first-order valence-electron chi connectivity index (χ1n) is 10.1. The molecular formula is C22H28N4O. The van der Waals surface area contributed by atoms with E-state index < -0.39 is 0 Å². The lowest BCUT2D eigenvalue weighted by Crippen LogP contribution is -2.44. The van der Waals surface area contributed by atoms with Crippen LogP contribution in [-0.2, 0) is 0 Å². The van der Waals surface area contributed by atoms with Crippen molar-refractivity contribution in [2.45, 2.75) is 51.6 Å². The Hall–Kier alpha value is -2.27. The second kappa shape index (κ2) is 7.77. The van der Waals surface area contributed by atoms with E-state index in [9.17, 15) is 4.79 Å². The molecule has 4 rings (SSSR count). The maximum atomic E-state index is 13.1. The van der Waals surface area contributed by atoms with Crippen LogP contribution in [0.2, 0.25) is 0 Å². The van der Waals surface area contributed by atoms with Crippen LogP contribution in [0.3, 0.4) is 0 Å². The Labute approximate surface area is 161 Å². The molecule has 5 heteroatoms. The van der Waals surface area contributed by atoms with Gasteiger partial charge in [-0.25, -0.2) is 0 Å². The molecular weight excluding hydrogens is 336 g/mol. The van der Waals surface area contributed by atoms with Crippen LogP contribution in [-0.4, -0.2) is 57.6 Å². The molecule has 0 radical (unpaired) electrons. The lowest BCUT2D eigenvalue weighted by atomic mass is 10.1. The lowest BCUT2D eigenvalue weighted by molar-refractivity contribution is 0.0697. The molecule has 0 N–H and O–H groups in total. The quantitative estimate of drug-likeness (QED) is 0.833. The summed E-state index contributed by atoms with van der Waals surface area (Å²) >= 11 is 0. The van der Waals surface area contributed by atoms with Crippen molar-refractivity contribution in [1.82, 2.24) is 20.0 Å². The van der Waals surface area contributed by atoms with Crippen LogP contribution in [0.25, 0.3) is 11.3 Å². The summed E-state index contributed by atoms with van der Waals surface area (Å²) in [4.78, 5) is 17.7. The summed E-state index contributed by atoms with van der Waals surface area (Å²) in [6.45, 7) is 7.29. The van der Waals surface area contributed by atoms with Crippen LogP contribution in [0.5, 0.6) is 0 Å². The Kier molecular flexibility index (Phi) is 5.21. The third-order valence-corrected chi connectivity index (χ3v) is 6.00. The summed E-state index contributed by atoms with van der Waals surface area (Å²) in [6.07, 6.45) is 4.79. The predicted octanol–water partition coefficient (Wildman–Crippen LogP) is 3.54. The molecule has 0 aliphatic carbocycles. The van der Waals surface area contributed by atoms with Crippen LogP contribution in [0, 0.1) is 6.92 Å². The Bertz CT molecular complexity index is 787. The highest BCUT2D eigenvalue weighted by molar-refractivity contribution is 5.95. The van der Waals surface area contributed by atoms with Gasteiger partial charge in [0.1, 0.15) is 0 Å². The molecule has 2 fully saturated rings. The van der Waals surface area contributed by atoms with E-state index in [0.717, 1.165) is 48.4 Å². The third-order valence-electron chi connectivity index (χ3n) is 6.00. The highest BCUT2D eigenvalue weighted by Gasteiger charge is 2.32. The fourth-order valence-corrected chi connectivity index (χ4v) is 4.33. The summed E-state index contributed by atoms with van der Waals surface area (Å²) in [5.74, 6) is 0.158. The summed E-state index contributed by atoms with van der Waals surface area (Å²) in [5.41, 5.74) is 3.49. The molecule has 2 aliphatic rings. The highest BCUT2D eigenvalue weighted by atomic mass is 16.2. The maximum Gasteiger partial charge on any atom is 0.254 e. The second-order valence-electron chi connectivity index (χ2n) is 7.92. The minimum absolute atomic E-state index is 0.158. The molecule has 0 spiro atoms. The largest absolute Gasteiger partial charge is 0.334 e. The molecule has 1 amide bonds. The normalized spacial score (nSPS) is 23.1. The van der Waals surface area contributed by atoms with Crippen molar-refractivity contribution in [3.05, 3.63) is 47.7 Å². The van der Waals surface area contributed by atoms with Gasteiger partial charge in [0.25, 0.3) is 5.91 Å². The van der Waals surface area contributed by atoms with Gasteiger partial charge in [0.15, 0.2) is 0 Å². The van der Waals surface area contributed by atoms with Crippen molar-refractivity contribution in [1.29, 1.82) is 0 Å². The number of aromatic nitrogens is 2. The first kappa shape index (κ1) is 18.1. The van der Waals surface area contributed by atoms with Gasteiger partial charge in [0, 0.05) is 36.3 Å². The van der Waals surface area contributed by atoms with E-state index in [1.165, 1.54) is 19.4 Å². The van der Waals surface area contributed by atoms with Gasteiger partial charge in [-0.05, 0) is 70.3 Å². The van der Waals surface area contributed by atoms with E-state index in [1.54, 1.807) is 0 Å². The van der Waals surface area contributed by atoms with Gasteiger partial charge in [-0.3, -0.25) is 9.69 Å². The molecule has 0 unspecified atom stereocenters. The predicted molar refractivity (Wildman–Crippen MR) is 107 cm³/mol. The molecule has 3 heterocycles. The average Bonchev–Trinajstić information content (AvgIpc) is 3.32. The molecule has 2 atom stereocenters. The monoisotopic (exact) mass is 364 g/mol. The molecule has 2 aromatic rings. The summed E-state index contributed by atoms with van der Waals surface area (Å²) in [7, 11) is 0. The van der Waals surface area contributed by atoms with Crippen molar-refractivity contribution in [2.24, 2.45) is 0 Å². The number of carbonyl (C=O) groups is 1. The topological polar surface area (TPSA) is 49.3 Å². The zero-order chi connectivity index (χ0) is 18.8. The molecule has 5 nitrogen and oxygen atoms in total. The summed E-state index contributed by atoms with van der Waals surface area (Å²) in [6, 6.07) is 12.7. The number of benzene rings is 1. The number of nitrogens with zero attached hydrogens (tertiary/aromatic N) is 4. The number of hydrogen-bond donors (Lipinski definition) is 0. The van der Waals surface area contributed by atoms with Gasteiger partial charge in [-0.1, -0.05) is 12.1 Å². The maximum absolute atomic E-state index is 13.1. The standard InChI is InChI=1S/C22H28N4O/c1-16-7-12-21(24-23-16)18-8-10-19(11-9-18)22(27)26-14-4-6-20(26)15-25-13-3-5-17(25)2/h7-12,17,20H,3-6,13-15H2,1-2H3/t17-,20+/m1/s1. The van der Waals surface area contributed by atoms with Crippen LogP contribution in [0.1, 0.15) is 48.7 Å². The van der Waals surface area contributed by atoms with E-state index in [-0.39, 0.29) is 5.91 Å². The van der Waals surface area contributed by atoms with Crippen molar-refractivity contribution in [3.8, 4) is 11.3 Å². The summed E-state index contributed by atoms with van der Waals surface area (Å²) < 4.78 is 0. The van der Waals surface area contributed by atoms with Gasteiger partial charge < -0.3 is 4.90 Å². The van der Waals surface area contributed by atoms with E-state index in [0.29, 0.717) is 12.1 Å². The van der Waals surface area contributed by atoms with Crippen LogP contribution < -0.4 is 0 Å². The Balaban J connectivity index is 1.46. The van der Waals surface area contributed by atoms with Gasteiger partial charge >= 0.3 is 0 Å². The molecule has 2 saturated heterocycles. The Morgan fingerprint density at radius 2 is 1.81 bits per heavy atom. The molecule has 1 aromatic heterocycles. The van der Waals surface area contributed by atoms with Gasteiger partial charge in [-0.15, -0.1) is 0 Å². The fourth-order valence-electron chi connectivity index (χ4n) is 4.33.